The van der Waals surface area contributed by atoms with Crippen molar-refractivity contribution in [3.8, 4) is 17.2 Å². The number of para-hydroxylation sites is 1. The second-order valence-corrected chi connectivity index (χ2v) is 10.8. The van der Waals surface area contributed by atoms with E-state index in [1.807, 2.05) is 41.3 Å². The van der Waals surface area contributed by atoms with Crippen LogP contribution in [0.15, 0.2) is 42.5 Å². The first-order valence-corrected chi connectivity index (χ1v) is 13.5. The highest BCUT2D eigenvalue weighted by atomic mass is 16.5. The van der Waals surface area contributed by atoms with Gasteiger partial charge < -0.3 is 34.2 Å². The topological polar surface area (TPSA) is 109 Å². The Bertz CT molecular complexity index is 1150. The Morgan fingerprint density at radius 2 is 1.77 bits per heavy atom. The van der Waals surface area contributed by atoms with Crippen LogP contribution in [0.2, 0.25) is 0 Å². The molecular formula is C30H40N2O7. The fourth-order valence-electron chi connectivity index (χ4n) is 5.70. The van der Waals surface area contributed by atoms with Gasteiger partial charge in [-0.25, -0.2) is 0 Å². The molecule has 39 heavy (non-hydrogen) atoms. The van der Waals surface area contributed by atoms with Crippen molar-refractivity contribution in [2.24, 2.45) is 5.41 Å². The number of nitrogens with zero attached hydrogens (tertiary/aromatic N) is 2. The van der Waals surface area contributed by atoms with Gasteiger partial charge in [-0.1, -0.05) is 24.3 Å². The summed E-state index contributed by atoms with van der Waals surface area (Å²) >= 11 is 0. The molecule has 9 nitrogen and oxygen atoms in total. The molecule has 2 N–H and O–H groups in total. The fourth-order valence-corrected chi connectivity index (χ4v) is 5.70. The number of carbonyl (C=O) groups is 2. The summed E-state index contributed by atoms with van der Waals surface area (Å²) in [4.78, 5) is 29.5. The number of likely N-dealkylation sites (tertiary alicyclic amines) is 1. The Kier molecular flexibility index (Phi) is 9.35. The van der Waals surface area contributed by atoms with Gasteiger partial charge in [-0.15, -0.1) is 0 Å². The number of rotatable bonds is 5. The van der Waals surface area contributed by atoms with E-state index < -0.39 is 17.6 Å². The first kappa shape index (κ1) is 28.7. The zero-order valence-corrected chi connectivity index (χ0v) is 23.1. The van der Waals surface area contributed by atoms with Crippen LogP contribution in [0.3, 0.4) is 0 Å². The maximum absolute atomic E-state index is 13.1. The maximum Gasteiger partial charge on any atom is 0.260 e. The molecule has 2 aliphatic heterocycles. The Balaban J connectivity index is 1.41. The van der Waals surface area contributed by atoms with Crippen molar-refractivity contribution in [1.82, 2.24) is 9.80 Å². The minimum Gasteiger partial charge on any atom is -0.493 e. The van der Waals surface area contributed by atoms with Gasteiger partial charge in [-0.05, 0) is 60.4 Å². The van der Waals surface area contributed by atoms with Crippen molar-refractivity contribution in [2.45, 2.75) is 50.7 Å². The van der Waals surface area contributed by atoms with Gasteiger partial charge in [0.25, 0.3) is 5.91 Å². The molecule has 1 saturated heterocycles. The van der Waals surface area contributed by atoms with E-state index in [2.05, 4.69) is 0 Å². The number of hydrogen-bond donors (Lipinski definition) is 2. The van der Waals surface area contributed by atoms with Gasteiger partial charge in [0.05, 0.1) is 26.4 Å². The Labute approximate surface area is 230 Å². The predicted octanol–water partition coefficient (Wildman–Crippen LogP) is 2.45. The van der Waals surface area contributed by atoms with Crippen molar-refractivity contribution in [3.05, 3.63) is 53.6 Å². The molecule has 2 heterocycles. The van der Waals surface area contributed by atoms with Crippen LogP contribution < -0.4 is 14.2 Å². The number of fused-ring (bicyclic) bond motifs is 1. The van der Waals surface area contributed by atoms with Crippen molar-refractivity contribution < 1.29 is 34.0 Å². The molecular weight excluding hydrogens is 500 g/mol. The van der Waals surface area contributed by atoms with Gasteiger partial charge in [0.1, 0.15) is 5.75 Å². The highest BCUT2D eigenvalue weighted by Crippen LogP contribution is 2.39. The lowest BCUT2D eigenvalue weighted by molar-refractivity contribution is -0.139. The van der Waals surface area contributed by atoms with E-state index in [4.69, 9.17) is 14.2 Å². The van der Waals surface area contributed by atoms with Crippen LogP contribution in [-0.2, 0) is 22.4 Å². The zero-order chi connectivity index (χ0) is 28.0. The standard InChI is InChI=1S/C30H40N2O7/c1-31-20-30(18-24(34)23(33)17-22-6-4-5-7-25(22)39-19-29(31)36)12-14-32(15-13-30)28(35)11-9-21-8-10-26(37-2)27(16-21)38-3/h4-8,10,16,23-24,33-34H,9,11-15,17-20H2,1-3H3/t23-,24+/m0/s1. The summed E-state index contributed by atoms with van der Waals surface area (Å²) in [5.41, 5.74) is 1.34. The molecule has 2 aliphatic rings. The molecule has 1 fully saturated rings. The third-order valence-corrected chi connectivity index (χ3v) is 8.09. The average molecular weight is 541 g/mol. The molecule has 9 heteroatoms. The predicted molar refractivity (Wildman–Crippen MR) is 146 cm³/mol. The lowest BCUT2D eigenvalue weighted by Crippen LogP contribution is -2.51. The SMILES string of the molecule is COc1ccc(CCC(=O)N2CCC3(CC2)C[C@@H](O)[C@@H](O)Cc2ccccc2OCC(=O)N(C)C3)cc1OC. The van der Waals surface area contributed by atoms with Gasteiger partial charge in [-0.2, -0.15) is 0 Å². The number of piperidine rings is 1. The summed E-state index contributed by atoms with van der Waals surface area (Å²) in [6.07, 6.45) is 0.882. The van der Waals surface area contributed by atoms with Crippen molar-refractivity contribution in [1.29, 1.82) is 0 Å². The van der Waals surface area contributed by atoms with Crippen LogP contribution in [-0.4, -0.2) is 91.5 Å². The summed E-state index contributed by atoms with van der Waals surface area (Å²) in [5, 5.41) is 21.9. The summed E-state index contributed by atoms with van der Waals surface area (Å²) in [5.74, 6) is 1.76. The van der Waals surface area contributed by atoms with Crippen LogP contribution in [0.4, 0.5) is 0 Å². The summed E-state index contributed by atoms with van der Waals surface area (Å²) in [7, 11) is 4.92. The van der Waals surface area contributed by atoms with E-state index in [0.717, 1.165) is 11.1 Å². The third kappa shape index (κ3) is 7.02. The van der Waals surface area contributed by atoms with E-state index in [1.54, 1.807) is 32.2 Å². The normalized spacial score (nSPS) is 21.8. The van der Waals surface area contributed by atoms with Crippen LogP contribution >= 0.6 is 0 Å². The lowest BCUT2D eigenvalue weighted by atomic mass is 9.72. The highest BCUT2D eigenvalue weighted by molar-refractivity contribution is 5.78. The zero-order valence-electron chi connectivity index (χ0n) is 23.1. The minimum absolute atomic E-state index is 0.0720. The molecule has 212 valence electrons. The number of benzene rings is 2. The molecule has 0 radical (unpaired) electrons. The van der Waals surface area contributed by atoms with Crippen molar-refractivity contribution >= 4 is 11.8 Å². The number of aliphatic hydroxyl groups is 2. The van der Waals surface area contributed by atoms with E-state index in [-0.39, 0.29) is 24.8 Å². The number of methoxy groups -OCH3 is 2. The molecule has 1 spiro atoms. The third-order valence-electron chi connectivity index (χ3n) is 8.09. The fraction of sp³-hybridized carbons (Fsp3) is 0.533. The molecule has 2 amide bonds. The van der Waals surface area contributed by atoms with Gasteiger partial charge in [0.2, 0.25) is 5.91 Å². The summed E-state index contributed by atoms with van der Waals surface area (Å²) in [6, 6.07) is 12.9. The second kappa shape index (κ2) is 12.7. The first-order valence-electron chi connectivity index (χ1n) is 13.5. The van der Waals surface area contributed by atoms with Gasteiger partial charge >= 0.3 is 0 Å². The van der Waals surface area contributed by atoms with Gasteiger partial charge in [0.15, 0.2) is 18.1 Å². The van der Waals surface area contributed by atoms with Crippen LogP contribution in [0, 0.1) is 5.41 Å². The highest BCUT2D eigenvalue weighted by Gasteiger charge is 2.40. The summed E-state index contributed by atoms with van der Waals surface area (Å²) < 4.78 is 16.4. The molecule has 2 aromatic carbocycles. The largest absolute Gasteiger partial charge is 0.493 e. The molecule has 0 bridgehead atoms. The number of hydrogen-bond acceptors (Lipinski definition) is 7. The maximum atomic E-state index is 13.1. The number of likely N-dealkylation sites (N-methyl/N-ethyl adjacent to an activating group) is 1. The molecule has 2 aromatic rings. The van der Waals surface area contributed by atoms with Crippen molar-refractivity contribution in [3.63, 3.8) is 0 Å². The quantitative estimate of drug-likeness (QED) is 0.600. The second-order valence-electron chi connectivity index (χ2n) is 10.8. The van der Waals surface area contributed by atoms with Gasteiger partial charge in [0, 0.05) is 39.5 Å². The molecule has 0 aliphatic carbocycles. The van der Waals surface area contributed by atoms with Crippen LogP contribution in [0.5, 0.6) is 17.2 Å². The molecule has 2 atom stereocenters. The van der Waals surface area contributed by atoms with E-state index in [0.29, 0.717) is 69.0 Å². The van der Waals surface area contributed by atoms with Crippen molar-refractivity contribution in [2.75, 3.05) is 47.5 Å². The number of aliphatic hydroxyl groups excluding tert-OH is 2. The number of aryl methyl sites for hydroxylation is 1. The van der Waals surface area contributed by atoms with Crippen LogP contribution in [0.25, 0.3) is 0 Å². The Morgan fingerprint density at radius 3 is 2.49 bits per heavy atom. The number of amides is 2. The average Bonchev–Trinajstić information content (AvgIpc) is 2.94. The van der Waals surface area contributed by atoms with E-state index in [9.17, 15) is 19.8 Å². The van der Waals surface area contributed by atoms with E-state index in [1.165, 1.54) is 0 Å². The molecule has 0 unspecified atom stereocenters. The van der Waals surface area contributed by atoms with Gasteiger partial charge in [-0.3, -0.25) is 9.59 Å². The Morgan fingerprint density at radius 1 is 1.05 bits per heavy atom. The first-order chi connectivity index (χ1) is 18.7. The monoisotopic (exact) mass is 540 g/mol. The smallest absolute Gasteiger partial charge is 0.260 e. The minimum atomic E-state index is -0.965. The molecule has 4 rings (SSSR count). The number of ether oxygens (including phenoxy) is 3. The number of carbonyl (C=O) groups excluding carboxylic acids is 2. The lowest BCUT2D eigenvalue weighted by Gasteiger charge is -2.45. The molecule has 0 saturated carbocycles. The molecule has 0 aromatic heterocycles. The Hall–Kier alpha value is -3.30. The summed E-state index contributed by atoms with van der Waals surface area (Å²) in [6.45, 7) is 1.40. The van der Waals surface area contributed by atoms with Crippen LogP contribution in [0.1, 0.15) is 36.8 Å². The van der Waals surface area contributed by atoms with E-state index >= 15 is 0 Å².